The lowest BCUT2D eigenvalue weighted by atomic mass is 9.96. The van der Waals surface area contributed by atoms with Crippen molar-refractivity contribution in [3.8, 4) is 0 Å². The average Bonchev–Trinajstić information content (AvgIpc) is 3.63. The number of hydrogen-bond donors (Lipinski definition) is 1. The Bertz CT molecular complexity index is 1110. The zero-order chi connectivity index (χ0) is 24.6. The van der Waals surface area contributed by atoms with Gasteiger partial charge in [0.25, 0.3) is 11.8 Å². The van der Waals surface area contributed by atoms with Crippen LogP contribution in [0.15, 0.2) is 48.5 Å². The van der Waals surface area contributed by atoms with E-state index in [4.69, 9.17) is 4.74 Å². The van der Waals surface area contributed by atoms with E-state index >= 15 is 0 Å². The van der Waals surface area contributed by atoms with Crippen molar-refractivity contribution in [2.24, 2.45) is 0 Å². The molecule has 0 unspecified atom stereocenters. The summed E-state index contributed by atoms with van der Waals surface area (Å²) in [7, 11) is 0. The topological polar surface area (TPSA) is 79.0 Å². The number of rotatable bonds is 5. The van der Waals surface area contributed by atoms with E-state index in [2.05, 4.69) is 12.2 Å². The van der Waals surface area contributed by atoms with Crippen molar-refractivity contribution >= 4 is 17.7 Å². The maximum atomic E-state index is 13.6. The van der Waals surface area contributed by atoms with Crippen LogP contribution in [0.5, 0.6) is 0 Å². The first-order chi connectivity index (χ1) is 16.9. The van der Waals surface area contributed by atoms with Gasteiger partial charge >= 0.3 is 0 Å². The predicted octanol–water partition coefficient (Wildman–Crippen LogP) is 3.14. The Kier molecular flexibility index (Phi) is 6.32. The monoisotopic (exact) mass is 479 g/mol. The van der Waals surface area contributed by atoms with Gasteiger partial charge in [0.05, 0.1) is 6.61 Å². The van der Waals surface area contributed by atoms with Crippen LogP contribution >= 0.6 is 0 Å². The standard InChI is InChI=1S/C27H30FN3O4/c1-2-18-3-5-19(6-4-18)25(33)30-15-13-27(14-16-30)31(26(34)20-7-9-21(28)10-8-20)23(17-35-27)24(32)29-22-11-12-22/h3-10,22-23H,2,11-17H2,1H3,(H,29,32)/t23-/m1/s1. The second-order valence-electron chi connectivity index (χ2n) is 9.58. The molecule has 8 heteroatoms. The molecule has 5 rings (SSSR count). The fourth-order valence-corrected chi connectivity index (χ4v) is 4.95. The SMILES string of the molecule is CCc1ccc(C(=O)N2CCC3(CC2)OC[C@H](C(=O)NC2CC2)N3C(=O)c2ccc(F)cc2)cc1. The van der Waals surface area contributed by atoms with Crippen LogP contribution in [0.4, 0.5) is 4.39 Å². The van der Waals surface area contributed by atoms with Crippen LogP contribution in [0.3, 0.4) is 0 Å². The highest BCUT2D eigenvalue weighted by Gasteiger charge is 2.54. The molecule has 2 heterocycles. The molecule has 2 aliphatic heterocycles. The molecule has 3 amide bonds. The lowest BCUT2D eigenvalue weighted by Gasteiger charge is -2.44. The smallest absolute Gasteiger partial charge is 0.256 e. The lowest BCUT2D eigenvalue weighted by molar-refractivity contribution is -0.128. The van der Waals surface area contributed by atoms with Gasteiger partial charge in [-0.2, -0.15) is 0 Å². The minimum Gasteiger partial charge on any atom is -0.353 e. The molecule has 35 heavy (non-hydrogen) atoms. The normalized spacial score (nSPS) is 21.3. The van der Waals surface area contributed by atoms with E-state index in [9.17, 15) is 18.8 Å². The van der Waals surface area contributed by atoms with Crippen LogP contribution in [0, 0.1) is 5.82 Å². The fraction of sp³-hybridized carbons (Fsp3) is 0.444. The number of halogens is 1. The maximum Gasteiger partial charge on any atom is 0.256 e. The summed E-state index contributed by atoms with van der Waals surface area (Å²) >= 11 is 0. The van der Waals surface area contributed by atoms with E-state index in [1.165, 1.54) is 34.7 Å². The minimum atomic E-state index is -0.986. The summed E-state index contributed by atoms with van der Waals surface area (Å²) in [6.45, 7) is 2.97. The number of likely N-dealkylation sites (tertiary alicyclic amines) is 1. The molecule has 0 bridgehead atoms. The maximum absolute atomic E-state index is 13.6. The van der Waals surface area contributed by atoms with Gasteiger partial charge in [-0.1, -0.05) is 19.1 Å². The number of nitrogens with zero attached hydrogens (tertiary/aromatic N) is 2. The molecular weight excluding hydrogens is 449 g/mol. The Morgan fingerprint density at radius 3 is 2.17 bits per heavy atom. The molecule has 1 spiro atoms. The van der Waals surface area contributed by atoms with E-state index in [0.29, 0.717) is 37.1 Å². The summed E-state index contributed by atoms with van der Waals surface area (Å²) in [5.74, 6) is -1.08. The molecule has 1 atom stereocenters. The second kappa shape index (κ2) is 9.41. The van der Waals surface area contributed by atoms with E-state index in [0.717, 1.165) is 19.3 Å². The van der Waals surface area contributed by atoms with Crippen LogP contribution in [-0.4, -0.2) is 65.0 Å². The quantitative estimate of drug-likeness (QED) is 0.715. The van der Waals surface area contributed by atoms with Gasteiger partial charge in [0.2, 0.25) is 5.91 Å². The van der Waals surface area contributed by atoms with Crippen molar-refractivity contribution < 1.29 is 23.5 Å². The zero-order valence-corrected chi connectivity index (χ0v) is 19.8. The van der Waals surface area contributed by atoms with Crippen molar-refractivity contribution in [1.29, 1.82) is 0 Å². The summed E-state index contributed by atoms with van der Waals surface area (Å²) in [4.78, 5) is 43.0. The largest absolute Gasteiger partial charge is 0.353 e. The van der Waals surface area contributed by atoms with Crippen molar-refractivity contribution in [1.82, 2.24) is 15.1 Å². The van der Waals surface area contributed by atoms with Gasteiger partial charge in [-0.05, 0) is 61.2 Å². The number of carbonyl (C=O) groups is 3. The minimum absolute atomic E-state index is 0.0556. The average molecular weight is 480 g/mol. The molecule has 0 radical (unpaired) electrons. The number of ether oxygens (including phenoxy) is 1. The van der Waals surface area contributed by atoms with Crippen molar-refractivity contribution in [2.75, 3.05) is 19.7 Å². The number of carbonyl (C=O) groups excluding carboxylic acids is 3. The van der Waals surface area contributed by atoms with Gasteiger partial charge in [0.1, 0.15) is 17.6 Å². The van der Waals surface area contributed by atoms with Crippen molar-refractivity contribution in [2.45, 2.75) is 56.8 Å². The Balaban J connectivity index is 1.35. The van der Waals surface area contributed by atoms with Crippen LogP contribution in [-0.2, 0) is 16.0 Å². The Hall–Kier alpha value is -3.26. The molecule has 7 nitrogen and oxygen atoms in total. The Labute approximate surface area is 204 Å². The van der Waals surface area contributed by atoms with Gasteiger partial charge in [0.15, 0.2) is 0 Å². The number of aryl methyl sites for hydroxylation is 1. The molecule has 2 saturated heterocycles. The number of piperidine rings is 1. The van der Waals surface area contributed by atoms with Gasteiger partial charge in [-0.25, -0.2) is 4.39 Å². The highest BCUT2D eigenvalue weighted by Crippen LogP contribution is 2.39. The summed E-state index contributed by atoms with van der Waals surface area (Å²) in [6.07, 6.45) is 3.57. The van der Waals surface area contributed by atoms with Crippen molar-refractivity contribution in [3.05, 3.63) is 71.0 Å². The Morgan fingerprint density at radius 2 is 1.57 bits per heavy atom. The van der Waals surface area contributed by atoms with Crippen LogP contribution in [0.1, 0.15) is 58.9 Å². The first-order valence-electron chi connectivity index (χ1n) is 12.3. The van der Waals surface area contributed by atoms with Crippen LogP contribution < -0.4 is 5.32 Å². The third-order valence-electron chi connectivity index (χ3n) is 7.24. The molecule has 184 valence electrons. The van der Waals surface area contributed by atoms with Gasteiger partial charge in [0, 0.05) is 43.1 Å². The van der Waals surface area contributed by atoms with E-state index in [1.54, 1.807) is 4.90 Å². The van der Waals surface area contributed by atoms with Gasteiger partial charge in [-0.15, -0.1) is 0 Å². The van der Waals surface area contributed by atoms with Gasteiger partial charge < -0.3 is 15.0 Å². The molecule has 1 saturated carbocycles. The number of nitrogens with one attached hydrogen (secondary N) is 1. The molecule has 1 N–H and O–H groups in total. The van der Waals surface area contributed by atoms with E-state index in [1.807, 2.05) is 24.3 Å². The molecule has 0 aromatic heterocycles. The summed E-state index contributed by atoms with van der Waals surface area (Å²) in [6, 6.07) is 12.3. The number of amides is 3. The molecule has 2 aromatic rings. The van der Waals surface area contributed by atoms with Crippen molar-refractivity contribution in [3.63, 3.8) is 0 Å². The zero-order valence-electron chi connectivity index (χ0n) is 19.8. The third-order valence-corrected chi connectivity index (χ3v) is 7.24. The summed E-state index contributed by atoms with van der Waals surface area (Å²) in [5, 5.41) is 2.98. The Morgan fingerprint density at radius 1 is 0.971 bits per heavy atom. The third kappa shape index (κ3) is 4.67. The highest BCUT2D eigenvalue weighted by molar-refractivity contribution is 5.98. The summed E-state index contributed by atoms with van der Waals surface area (Å²) in [5.41, 5.74) is 1.12. The van der Waals surface area contributed by atoms with E-state index < -0.39 is 17.6 Å². The fourth-order valence-electron chi connectivity index (χ4n) is 4.95. The predicted molar refractivity (Wildman–Crippen MR) is 127 cm³/mol. The molecule has 3 fully saturated rings. The molecular formula is C27H30FN3O4. The van der Waals surface area contributed by atoms with Gasteiger partial charge in [-0.3, -0.25) is 19.3 Å². The molecule has 3 aliphatic rings. The summed E-state index contributed by atoms with van der Waals surface area (Å²) < 4.78 is 19.7. The highest BCUT2D eigenvalue weighted by atomic mass is 19.1. The number of benzene rings is 2. The van der Waals surface area contributed by atoms with Crippen LogP contribution in [0.2, 0.25) is 0 Å². The molecule has 2 aromatic carbocycles. The first kappa shape index (κ1) is 23.5. The van der Waals surface area contributed by atoms with Crippen LogP contribution in [0.25, 0.3) is 0 Å². The second-order valence-corrected chi connectivity index (χ2v) is 9.58. The molecule has 1 aliphatic carbocycles. The lowest BCUT2D eigenvalue weighted by Crippen LogP contribution is -2.60. The first-order valence-corrected chi connectivity index (χ1v) is 12.3. The number of hydrogen-bond acceptors (Lipinski definition) is 4. The van der Waals surface area contributed by atoms with E-state index in [-0.39, 0.29) is 30.4 Å².